The molecule has 0 N–H and O–H groups in total. The Morgan fingerprint density at radius 2 is 1.96 bits per heavy atom. The third kappa shape index (κ3) is 3.24. The van der Waals surface area contributed by atoms with Gasteiger partial charge in [-0.05, 0) is 29.8 Å². The molecule has 4 aromatic rings. The van der Waals surface area contributed by atoms with Gasteiger partial charge in [0.25, 0.3) is 0 Å². The van der Waals surface area contributed by atoms with E-state index in [4.69, 9.17) is 9.15 Å². The summed E-state index contributed by atoms with van der Waals surface area (Å²) in [5, 5.41) is 10.4. The number of furan rings is 1. The highest BCUT2D eigenvalue weighted by molar-refractivity contribution is 9.10. The first-order chi connectivity index (χ1) is 12.7. The average Bonchev–Trinajstić information content (AvgIpc) is 3.24. The molecule has 0 radical (unpaired) electrons. The predicted molar refractivity (Wildman–Crippen MR) is 106 cm³/mol. The Hall–Kier alpha value is -2.25. The van der Waals surface area contributed by atoms with E-state index in [9.17, 15) is 0 Å². The summed E-state index contributed by atoms with van der Waals surface area (Å²) in [6.07, 6.45) is 0. The van der Waals surface area contributed by atoms with E-state index in [2.05, 4.69) is 38.3 Å². The van der Waals surface area contributed by atoms with Gasteiger partial charge in [0.1, 0.15) is 0 Å². The molecule has 26 heavy (non-hydrogen) atoms. The van der Waals surface area contributed by atoms with Crippen molar-refractivity contribution in [2.45, 2.75) is 10.9 Å². The van der Waals surface area contributed by atoms with Crippen molar-refractivity contribution in [1.29, 1.82) is 0 Å². The van der Waals surface area contributed by atoms with Crippen LogP contribution in [0.5, 0.6) is 5.75 Å². The summed E-state index contributed by atoms with van der Waals surface area (Å²) in [6, 6.07) is 16.1. The van der Waals surface area contributed by atoms with Gasteiger partial charge in [0, 0.05) is 22.7 Å². The third-order valence-electron chi connectivity index (χ3n) is 4.06. The predicted octanol–water partition coefficient (Wildman–Crippen LogP) is 5.29. The molecule has 4 rings (SSSR count). The normalized spacial score (nSPS) is 11.2. The number of rotatable bonds is 5. The summed E-state index contributed by atoms with van der Waals surface area (Å²) in [4.78, 5) is 0. The van der Waals surface area contributed by atoms with Crippen molar-refractivity contribution in [3.05, 3.63) is 58.6 Å². The minimum atomic E-state index is 0.676. The van der Waals surface area contributed by atoms with Gasteiger partial charge in [-0.2, -0.15) is 0 Å². The highest BCUT2D eigenvalue weighted by atomic mass is 79.9. The van der Waals surface area contributed by atoms with Crippen molar-refractivity contribution in [1.82, 2.24) is 14.8 Å². The molecular formula is C19H16BrN3O2S. The molecule has 0 atom stereocenters. The van der Waals surface area contributed by atoms with Gasteiger partial charge in [-0.1, -0.05) is 52.0 Å². The third-order valence-corrected chi connectivity index (χ3v) is 5.68. The molecule has 0 aliphatic rings. The van der Waals surface area contributed by atoms with Gasteiger partial charge >= 0.3 is 0 Å². The Morgan fingerprint density at radius 1 is 1.15 bits per heavy atom. The van der Waals surface area contributed by atoms with Crippen LogP contribution in [0.3, 0.4) is 0 Å². The monoisotopic (exact) mass is 429 g/mol. The number of methoxy groups -OCH3 is 1. The Labute approximate surface area is 163 Å². The standard InChI is InChI=1S/C19H16BrN3O2S/c1-23-18(16-10-13-4-3-5-15(24-2)17(13)25-16)21-22-19(23)26-11-12-6-8-14(20)9-7-12/h3-10H,11H2,1-2H3. The summed E-state index contributed by atoms with van der Waals surface area (Å²) in [6.45, 7) is 0. The van der Waals surface area contributed by atoms with Crippen molar-refractivity contribution in [3.8, 4) is 17.3 Å². The second-order valence-corrected chi connectivity index (χ2v) is 7.63. The highest BCUT2D eigenvalue weighted by Gasteiger charge is 2.17. The lowest BCUT2D eigenvalue weighted by Crippen LogP contribution is -1.94. The van der Waals surface area contributed by atoms with Gasteiger partial charge in [-0.15, -0.1) is 10.2 Å². The second-order valence-electron chi connectivity index (χ2n) is 5.77. The maximum atomic E-state index is 5.98. The number of hydrogen-bond donors (Lipinski definition) is 0. The van der Waals surface area contributed by atoms with Gasteiger partial charge < -0.3 is 13.7 Å². The minimum absolute atomic E-state index is 0.676. The molecule has 2 aromatic carbocycles. The Bertz CT molecular complexity index is 1060. The van der Waals surface area contributed by atoms with Crippen LogP contribution in [0.2, 0.25) is 0 Å². The first-order valence-corrected chi connectivity index (χ1v) is 9.77. The van der Waals surface area contributed by atoms with Gasteiger partial charge in [0.05, 0.1) is 7.11 Å². The largest absolute Gasteiger partial charge is 0.493 e. The van der Waals surface area contributed by atoms with E-state index >= 15 is 0 Å². The lowest BCUT2D eigenvalue weighted by molar-refractivity contribution is 0.410. The summed E-state index contributed by atoms with van der Waals surface area (Å²) in [7, 11) is 3.58. The van der Waals surface area contributed by atoms with Gasteiger partial charge in [0.2, 0.25) is 0 Å². The van der Waals surface area contributed by atoms with E-state index in [1.165, 1.54) is 5.56 Å². The minimum Gasteiger partial charge on any atom is -0.493 e. The fraction of sp³-hybridized carbons (Fsp3) is 0.158. The van der Waals surface area contributed by atoms with Crippen LogP contribution in [-0.2, 0) is 12.8 Å². The topological polar surface area (TPSA) is 53.1 Å². The zero-order valence-corrected chi connectivity index (χ0v) is 16.7. The van der Waals surface area contributed by atoms with E-state index in [1.54, 1.807) is 18.9 Å². The summed E-state index contributed by atoms with van der Waals surface area (Å²) in [5.41, 5.74) is 1.95. The Morgan fingerprint density at radius 3 is 2.73 bits per heavy atom. The van der Waals surface area contributed by atoms with Crippen molar-refractivity contribution >= 4 is 38.7 Å². The second kappa shape index (κ2) is 7.17. The number of fused-ring (bicyclic) bond motifs is 1. The van der Waals surface area contributed by atoms with Crippen LogP contribution in [0, 0.1) is 0 Å². The number of thioether (sulfide) groups is 1. The van der Waals surface area contributed by atoms with Crippen LogP contribution in [0.4, 0.5) is 0 Å². The molecule has 0 spiro atoms. The molecule has 0 aliphatic heterocycles. The lowest BCUT2D eigenvalue weighted by Gasteiger charge is -2.03. The van der Waals surface area contributed by atoms with Crippen molar-refractivity contribution in [3.63, 3.8) is 0 Å². The number of ether oxygens (including phenoxy) is 1. The van der Waals surface area contributed by atoms with E-state index in [1.807, 2.05) is 48.0 Å². The number of aromatic nitrogens is 3. The number of para-hydroxylation sites is 1. The first kappa shape index (κ1) is 17.2. The first-order valence-electron chi connectivity index (χ1n) is 7.99. The van der Waals surface area contributed by atoms with Crippen molar-refractivity contribution in [2.24, 2.45) is 7.05 Å². The van der Waals surface area contributed by atoms with E-state index < -0.39 is 0 Å². The fourth-order valence-corrected chi connectivity index (χ4v) is 3.82. The van der Waals surface area contributed by atoms with Crippen LogP contribution in [0.25, 0.3) is 22.6 Å². The highest BCUT2D eigenvalue weighted by Crippen LogP contribution is 2.33. The average molecular weight is 430 g/mol. The summed E-state index contributed by atoms with van der Waals surface area (Å²) < 4.78 is 14.4. The van der Waals surface area contributed by atoms with Gasteiger partial charge in [-0.3, -0.25) is 0 Å². The van der Waals surface area contributed by atoms with Crippen molar-refractivity contribution < 1.29 is 9.15 Å². The molecule has 0 bridgehead atoms. The molecule has 7 heteroatoms. The molecule has 0 saturated carbocycles. The van der Waals surface area contributed by atoms with E-state index in [0.29, 0.717) is 17.3 Å². The molecule has 132 valence electrons. The summed E-state index contributed by atoms with van der Waals surface area (Å²) in [5.74, 6) is 2.91. The molecule has 0 fully saturated rings. The quantitative estimate of drug-likeness (QED) is 0.403. The molecule has 0 unspecified atom stereocenters. The molecule has 5 nitrogen and oxygen atoms in total. The van der Waals surface area contributed by atoms with E-state index in [-0.39, 0.29) is 0 Å². The van der Waals surface area contributed by atoms with Crippen LogP contribution in [-0.4, -0.2) is 21.9 Å². The maximum absolute atomic E-state index is 5.98. The molecule has 0 saturated heterocycles. The summed E-state index contributed by atoms with van der Waals surface area (Å²) >= 11 is 5.10. The Balaban J connectivity index is 1.60. The van der Waals surface area contributed by atoms with Crippen LogP contribution in [0.15, 0.2) is 62.6 Å². The zero-order chi connectivity index (χ0) is 18.1. The van der Waals surface area contributed by atoms with Crippen LogP contribution < -0.4 is 4.74 Å². The number of halogens is 1. The number of hydrogen-bond acceptors (Lipinski definition) is 5. The number of nitrogens with zero attached hydrogens (tertiary/aromatic N) is 3. The Kier molecular flexibility index (Phi) is 4.74. The zero-order valence-electron chi connectivity index (χ0n) is 14.3. The molecule has 0 amide bonds. The van der Waals surface area contributed by atoms with Gasteiger partial charge in [-0.25, -0.2) is 0 Å². The fourth-order valence-electron chi connectivity index (χ4n) is 2.69. The van der Waals surface area contributed by atoms with Crippen LogP contribution >= 0.6 is 27.7 Å². The van der Waals surface area contributed by atoms with Gasteiger partial charge in [0.15, 0.2) is 28.1 Å². The molecule has 0 aliphatic carbocycles. The van der Waals surface area contributed by atoms with E-state index in [0.717, 1.165) is 26.4 Å². The smallest absolute Gasteiger partial charge is 0.200 e. The lowest BCUT2D eigenvalue weighted by atomic mass is 10.2. The number of benzene rings is 2. The molecule has 2 heterocycles. The molecular weight excluding hydrogens is 414 g/mol. The molecule has 2 aromatic heterocycles. The SMILES string of the molecule is COc1cccc2cc(-c3nnc(SCc4ccc(Br)cc4)n3C)oc12. The maximum Gasteiger partial charge on any atom is 0.200 e. The van der Waals surface area contributed by atoms with Crippen LogP contribution in [0.1, 0.15) is 5.56 Å². The van der Waals surface area contributed by atoms with Crippen molar-refractivity contribution in [2.75, 3.05) is 7.11 Å².